The summed E-state index contributed by atoms with van der Waals surface area (Å²) in [7, 11) is 0. The zero-order valence-corrected chi connectivity index (χ0v) is 23.6. The summed E-state index contributed by atoms with van der Waals surface area (Å²) in [6.45, 7) is 10.6. The first-order valence-corrected chi connectivity index (χ1v) is 14.5. The van der Waals surface area contributed by atoms with Crippen molar-refractivity contribution >= 4 is 10.9 Å². The van der Waals surface area contributed by atoms with Crippen LogP contribution in [0.3, 0.4) is 0 Å². The van der Waals surface area contributed by atoms with Gasteiger partial charge in [-0.1, -0.05) is 103 Å². The van der Waals surface area contributed by atoms with Crippen LogP contribution in [0.5, 0.6) is 0 Å². The number of nitrogens with zero attached hydrogens (tertiary/aromatic N) is 3. The van der Waals surface area contributed by atoms with E-state index in [1.165, 1.54) is 50.0 Å². The van der Waals surface area contributed by atoms with Crippen molar-refractivity contribution in [1.29, 1.82) is 0 Å². The number of aryl methyl sites for hydroxylation is 2. The molecule has 204 valence electrons. The number of hydrogen-bond donors (Lipinski definition) is 1. The van der Waals surface area contributed by atoms with Gasteiger partial charge in [0.1, 0.15) is 0 Å². The van der Waals surface area contributed by atoms with E-state index in [9.17, 15) is 5.11 Å². The highest BCUT2D eigenvalue weighted by molar-refractivity contribution is 6.06. The van der Waals surface area contributed by atoms with E-state index in [0.29, 0.717) is 13.1 Å². The van der Waals surface area contributed by atoms with Crippen LogP contribution in [-0.4, -0.2) is 58.3 Å². The number of β-amino-alcohol motifs (C(OH)–C–C–N with tert-alkyl or cyclic N) is 1. The summed E-state index contributed by atoms with van der Waals surface area (Å²) in [6, 6.07) is 36.7. The predicted octanol–water partition coefficient (Wildman–Crippen LogP) is 6.77. The number of aromatic nitrogens is 1. The molecule has 40 heavy (non-hydrogen) atoms. The molecule has 1 saturated heterocycles. The van der Waals surface area contributed by atoms with Crippen molar-refractivity contribution in [2.45, 2.75) is 33.0 Å². The van der Waals surface area contributed by atoms with Gasteiger partial charge in [-0.05, 0) is 42.2 Å². The first-order valence-electron chi connectivity index (χ1n) is 14.5. The van der Waals surface area contributed by atoms with Gasteiger partial charge in [0.15, 0.2) is 0 Å². The lowest BCUT2D eigenvalue weighted by molar-refractivity contribution is 0.0630. The zero-order chi connectivity index (χ0) is 27.5. The molecule has 2 heterocycles. The second-order valence-corrected chi connectivity index (χ2v) is 11.3. The topological polar surface area (TPSA) is 31.6 Å². The van der Waals surface area contributed by atoms with Gasteiger partial charge >= 0.3 is 0 Å². The van der Waals surface area contributed by atoms with E-state index >= 15 is 0 Å². The van der Waals surface area contributed by atoms with Crippen molar-refractivity contribution in [3.8, 4) is 22.4 Å². The Balaban J connectivity index is 1.29. The standard InChI is InChI=1S/C36H39N3O/c1-27-22-28(2)35-33(23-27)34(30-14-8-4-9-15-30)36(31-16-10-5-11-17-31)39(35)26-32(40)25-38-20-18-37(19-21-38)24-29-12-6-3-7-13-29/h3-17,22-23,32,40H,18-21,24-26H2,1-2H3/t32-/m1/s1. The Hall–Kier alpha value is -3.70. The van der Waals surface area contributed by atoms with E-state index in [1.807, 2.05) is 0 Å². The molecule has 1 aromatic heterocycles. The average molecular weight is 530 g/mol. The maximum absolute atomic E-state index is 11.5. The van der Waals surface area contributed by atoms with Crippen molar-refractivity contribution in [2.75, 3.05) is 32.7 Å². The lowest BCUT2D eigenvalue weighted by Gasteiger charge is -2.35. The number of aliphatic hydroxyl groups excluding tert-OH is 1. The average Bonchev–Trinajstić information content (AvgIpc) is 3.29. The summed E-state index contributed by atoms with van der Waals surface area (Å²) in [6.07, 6.45) is -0.469. The monoisotopic (exact) mass is 529 g/mol. The maximum Gasteiger partial charge on any atom is 0.0845 e. The molecule has 4 aromatic carbocycles. The van der Waals surface area contributed by atoms with Crippen LogP contribution >= 0.6 is 0 Å². The Bertz CT molecular complexity index is 1550. The Morgan fingerprint density at radius 3 is 1.90 bits per heavy atom. The van der Waals surface area contributed by atoms with E-state index in [-0.39, 0.29) is 0 Å². The highest BCUT2D eigenvalue weighted by Crippen LogP contribution is 2.42. The summed E-state index contributed by atoms with van der Waals surface area (Å²) < 4.78 is 2.39. The van der Waals surface area contributed by atoms with Gasteiger partial charge in [0.25, 0.3) is 0 Å². The van der Waals surface area contributed by atoms with Crippen molar-refractivity contribution in [3.05, 3.63) is 120 Å². The molecule has 5 aromatic rings. The summed E-state index contributed by atoms with van der Waals surface area (Å²) in [5.41, 5.74) is 9.90. The largest absolute Gasteiger partial charge is 0.390 e. The van der Waals surface area contributed by atoms with E-state index in [0.717, 1.165) is 32.7 Å². The van der Waals surface area contributed by atoms with E-state index in [4.69, 9.17) is 0 Å². The van der Waals surface area contributed by atoms with Gasteiger partial charge in [-0.25, -0.2) is 0 Å². The van der Waals surface area contributed by atoms with Crippen molar-refractivity contribution in [3.63, 3.8) is 0 Å². The second kappa shape index (κ2) is 11.8. The van der Waals surface area contributed by atoms with Gasteiger partial charge < -0.3 is 9.67 Å². The third-order valence-corrected chi connectivity index (χ3v) is 8.18. The molecular weight excluding hydrogens is 490 g/mol. The molecule has 0 bridgehead atoms. The number of aliphatic hydroxyl groups is 1. The van der Waals surface area contributed by atoms with Gasteiger partial charge in [0.2, 0.25) is 0 Å². The normalized spacial score (nSPS) is 15.5. The molecule has 0 saturated carbocycles. The Morgan fingerprint density at radius 1 is 0.675 bits per heavy atom. The summed E-state index contributed by atoms with van der Waals surface area (Å²) in [5.74, 6) is 0. The van der Waals surface area contributed by atoms with E-state index in [1.54, 1.807) is 0 Å². The number of benzene rings is 4. The van der Waals surface area contributed by atoms with Gasteiger partial charge in [-0.3, -0.25) is 9.80 Å². The Morgan fingerprint density at radius 2 is 1.25 bits per heavy atom. The number of fused-ring (bicyclic) bond motifs is 1. The van der Waals surface area contributed by atoms with Crippen LogP contribution in [-0.2, 0) is 13.1 Å². The van der Waals surface area contributed by atoms with E-state index < -0.39 is 6.10 Å². The molecule has 0 radical (unpaired) electrons. The summed E-state index contributed by atoms with van der Waals surface area (Å²) in [4.78, 5) is 4.94. The first-order chi connectivity index (χ1) is 19.6. The highest BCUT2D eigenvalue weighted by atomic mass is 16.3. The zero-order valence-electron chi connectivity index (χ0n) is 23.6. The quantitative estimate of drug-likeness (QED) is 0.241. The molecule has 6 rings (SSSR count). The molecule has 0 aliphatic carbocycles. The van der Waals surface area contributed by atoms with Crippen LogP contribution in [0.4, 0.5) is 0 Å². The third kappa shape index (κ3) is 5.62. The van der Waals surface area contributed by atoms with Gasteiger partial charge in [-0.15, -0.1) is 0 Å². The minimum absolute atomic E-state index is 0.469. The fraction of sp³-hybridized carbons (Fsp3) is 0.278. The van der Waals surface area contributed by atoms with Crippen molar-refractivity contribution < 1.29 is 5.11 Å². The van der Waals surface area contributed by atoms with Crippen LogP contribution in [0, 0.1) is 13.8 Å². The fourth-order valence-electron chi connectivity index (χ4n) is 6.40. The number of hydrogen-bond acceptors (Lipinski definition) is 3. The molecule has 4 heteroatoms. The van der Waals surface area contributed by atoms with Gasteiger partial charge in [0.05, 0.1) is 23.9 Å². The van der Waals surface area contributed by atoms with Crippen LogP contribution in [0.1, 0.15) is 16.7 Å². The molecule has 4 nitrogen and oxygen atoms in total. The lowest BCUT2D eigenvalue weighted by Crippen LogP contribution is -2.48. The van der Waals surface area contributed by atoms with Crippen molar-refractivity contribution in [2.24, 2.45) is 0 Å². The minimum atomic E-state index is -0.469. The SMILES string of the molecule is Cc1cc(C)c2c(c1)c(-c1ccccc1)c(-c1ccccc1)n2C[C@H](O)CN1CCN(Cc2ccccc2)CC1. The summed E-state index contributed by atoms with van der Waals surface area (Å²) in [5, 5.41) is 12.8. The molecule has 0 unspecified atom stereocenters. The predicted molar refractivity (Wildman–Crippen MR) is 166 cm³/mol. The molecule has 1 fully saturated rings. The Labute approximate surface area is 238 Å². The third-order valence-electron chi connectivity index (χ3n) is 8.18. The minimum Gasteiger partial charge on any atom is -0.390 e. The van der Waals surface area contributed by atoms with E-state index in [2.05, 4.69) is 131 Å². The molecule has 1 aliphatic heterocycles. The Kier molecular flexibility index (Phi) is 7.83. The number of piperazine rings is 1. The first kappa shape index (κ1) is 26.5. The fourth-order valence-corrected chi connectivity index (χ4v) is 6.40. The van der Waals surface area contributed by atoms with Crippen LogP contribution in [0.25, 0.3) is 33.3 Å². The number of rotatable bonds is 8. The van der Waals surface area contributed by atoms with Crippen LogP contribution < -0.4 is 0 Å². The van der Waals surface area contributed by atoms with Crippen LogP contribution in [0.15, 0.2) is 103 Å². The van der Waals surface area contributed by atoms with Gasteiger partial charge in [-0.2, -0.15) is 0 Å². The molecule has 0 amide bonds. The molecule has 0 spiro atoms. The smallest absolute Gasteiger partial charge is 0.0845 e. The molecule has 1 N–H and O–H groups in total. The lowest BCUT2D eigenvalue weighted by atomic mass is 9.97. The van der Waals surface area contributed by atoms with Gasteiger partial charge in [0, 0.05) is 50.2 Å². The second-order valence-electron chi connectivity index (χ2n) is 11.3. The summed E-state index contributed by atoms with van der Waals surface area (Å²) >= 11 is 0. The molecule has 1 aliphatic rings. The maximum atomic E-state index is 11.5. The van der Waals surface area contributed by atoms with Crippen LogP contribution in [0.2, 0.25) is 0 Å². The molecular formula is C36H39N3O. The molecule has 1 atom stereocenters. The van der Waals surface area contributed by atoms with Crippen molar-refractivity contribution in [1.82, 2.24) is 14.4 Å². The highest BCUT2D eigenvalue weighted by Gasteiger charge is 2.25.